The third-order valence-corrected chi connectivity index (χ3v) is 4.96. The minimum Gasteiger partial charge on any atom is -0.445 e. The molecule has 0 spiro atoms. The molecular weight excluding hydrogens is 238 g/mol. The molecule has 0 saturated carbocycles. The molecule has 2 rings (SSSR count). The van der Waals surface area contributed by atoms with E-state index in [0.717, 1.165) is 18.6 Å². The third kappa shape index (κ3) is 2.09. The van der Waals surface area contributed by atoms with Gasteiger partial charge < -0.3 is 12.9 Å². The molecule has 0 fully saturated rings. The van der Waals surface area contributed by atoms with Gasteiger partial charge in [-0.05, 0) is 18.6 Å². The Morgan fingerprint density at radius 1 is 1.19 bits per heavy atom. The van der Waals surface area contributed by atoms with Gasteiger partial charge >= 0.3 is 6.98 Å². The second kappa shape index (κ2) is 3.80. The number of hydrogen-bond donors (Lipinski definition) is 0. The van der Waals surface area contributed by atoms with Crippen molar-refractivity contribution in [2.45, 2.75) is 11.3 Å². The topological polar surface area (TPSA) is 29.4 Å². The van der Waals surface area contributed by atoms with Crippen LogP contribution in [0, 0.1) is 0 Å². The summed E-state index contributed by atoms with van der Waals surface area (Å²) < 4.78 is 53.2. The van der Waals surface area contributed by atoms with Gasteiger partial charge in [0.15, 0.2) is 0 Å². The first-order valence-corrected chi connectivity index (χ1v) is 6.61. The van der Waals surface area contributed by atoms with Crippen molar-refractivity contribution in [3.8, 4) is 0 Å². The van der Waals surface area contributed by atoms with Crippen LogP contribution in [0.4, 0.5) is 12.9 Å². The lowest BCUT2D eigenvalue weighted by Gasteiger charge is -2.15. The quantitative estimate of drug-likeness (QED) is 0.735. The van der Waals surface area contributed by atoms with Gasteiger partial charge in [-0.2, -0.15) is 0 Å². The monoisotopic (exact) mass is 248 g/mol. The summed E-state index contributed by atoms with van der Waals surface area (Å²) in [7, 11) is -2.43. The maximum Gasteiger partial charge on any atom is 0.509 e. The smallest absolute Gasteiger partial charge is 0.445 e. The van der Waals surface area contributed by atoms with Crippen LogP contribution in [0.5, 0.6) is 0 Å². The molecule has 1 atom stereocenters. The minimum absolute atomic E-state index is 0.411. The zero-order valence-corrected chi connectivity index (χ0v) is 9.22. The van der Waals surface area contributed by atoms with Crippen LogP contribution >= 0.6 is 0 Å². The lowest BCUT2D eigenvalue weighted by atomic mass is 9.80. The van der Waals surface area contributed by atoms with E-state index in [1.54, 1.807) is 0 Å². The Kier molecular flexibility index (Phi) is 2.73. The van der Waals surface area contributed by atoms with Gasteiger partial charge in [-0.25, -0.2) is 8.57 Å². The molecule has 16 heavy (non-hydrogen) atoms. The number of nitrogens with zero attached hydrogens (tertiary/aromatic N) is 1. The summed E-state index contributed by atoms with van der Waals surface area (Å²) in [4.78, 5) is 0.411. The van der Waals surface area contributed by atoms with Gasteiger partial charge in [-0.15, -0.1) is 5.46 Å². The van der Waals surface area contributed by atoms with E-state index in [1.165, 1.54) is 12.1 Å². The van der Waals surface area contributed by atoms with Gasteiger partial charge in [0.1, 0.15) is 0 Å². The minimum atomic E-state index is -4.98. The zero-order chi connectivity index (χ0) is 11.8. The van der Waals surface area contributed by atoms with Crippen molar-refractivity contribution in [3.63, 3.8) is 0 Å². The molecule has 88 valence electrons. The van der Waals surface area contributed by atoms with Crippen LogP contribution in [-0.2, 0) is 9.73 Å². The number of halogens is 3. The summed E-state index contributed by atoms with van der Waals surface area (Å²) in [5.41, 5.74) is -0.662. The predicted molar refractivity (Wildman–Crippen MR) is 58.3 cm³/mol. The standard InChI is InChI=1S/C9H10BF3NOS/c11-10(12,13)8-2-4-9(5-3-8)16(15)7-1-6-14-16/h2-5H,1,6-7H2/q-1. The summed E-state index contributed by atoms with van der Waals surface area (Å²) >= 11 is 0. The highest BCUT2D eigenvalue weighted by Crippen LogP contribution is 2.20. The van der Waals surface area contributed by atoms with Crippen molar-refractivity contribution in [3.05, 3.63) is 24.3 Å². The number of hydrogen-bond acceptors (Lipinski definition) is 2. The third-order valence-electron chi connectivity index (χ3n) is 2.51. The molecule has 0 aliphatic carbocycles. The first-order valence-electron chi connectivity index (χ1n) is 4.92. The molecule has 0 bridgehead atoms. The summed E-state index contributed by atoms with van der Waals surface area (Å²) in [6.45, 7) is -4.45. The van der Waals surface area contributed by atoms with Gasteiger partial charge in [0.2, 0.25) is 0 Å². The maximum absolute atomic E-state index is 12.4. The lowest BCUT2D eigenvalue weighted by molar-refractivity contribution is 0.501. The molecular formula is C9H10BF3NOS-. The van der Waals surface area contributed by atoms with Crippen LogP contribution in [0.2, 0.25) is 0 Å². The normalized spacial score (nSPS) is 25.4. The van der Waals surface area contributed by atoms with E-state index in [2.05, 4.69) is 4.36 Å². The maximum atomic E-state index is 12.4. The van der Waals surface area contributed by atoms with E-state index in [9.17, 15) is 17.2 Å². The molecule has 0 saturated heterocycles. The molecule has 1 unspecified atom stereocenters. The van der Waals surface area contributed by atoms with Crippen molar-refractivity contribution in [2.24, 2.45) is 4.36 Å². The van der Waals surface area contributed by atoms with E-state index in [-0.39, 0.29) is 0 Å². The van der Waals surface area contributed by atoms with Gasteiger partial charge in [0.25, 0.3) is 0 Å². The number of benzene rings is 1. The van der Waals surface area contributed by atoms with Crippen molar-refractivity contribution >= 4 is 22.2 Å². The summed E-state index contributed by atoms with van der Waals surface area (Å²) in [6.07, 6.45) is 0.740. The molecule has 1 aliphatic rings. The van der Waals surface area contributed by atoms with Gasteiger partial charge in [0, 0.05) is 17.2 Å². The first-order chi connectivity index (χ1) is 7.42. The predicted octanol–water partition coefficient (Wildman–Crippen LogP) is 1.97. The van der Waals surface area contributed by atoms with Gasteiger partial charge in [0.05, 0.1) is 9.73 Å². The molecule has 0 radical (unpaired) electrons. The molecule has 0 amide bonds. The van der Waals surface area contributed by atoms with E-state index >= 15 is 0 Å². The van der Waals surface area contributed by atoms with Crippen LogP contribution < -0.4 is 5.46 Å². The first kappa shape index (κ1) is 11.5. The highest BCUT2D eigenvalue weighted by atomic mass is 32.2. The summed E-state index contributed by atoms with van der Waals surface area (Å²) in [5, 5.41) is 0. The Morgan fingerprint density at radius 2 is 1.81 bits per heavy atom. The Labute approximate surface area is 92.1 Å². The van der Waals surface area contributed by atoms with Gasteiger partial charge in [-0.3, -0.25) is 0 Å². The molecule has 7 heteroatoms. The Hall–Kier alpha value is -0.975. The SMILES string of the molecule is O=S1(c2ccc([B-](F)(F)F)cc2)=NCCC1. The second-order valence-corrected chi connectivity index (χ2v) is 6.11. The highest BCUT2D eigenvalue weighted by Gasteiger charge is 2.26. The van der Waals surface area contributed by atoms with E-state index in [4.69, 9.17) is 0 Å². The Bertz CT molecular complexity index is 502. The molecule has 1 aliphatic heterocycles. The average molecular weight is 248 g/mol. The summed E-state index contributed by atoms with van der Waals surface area (Å²) in [5.74, 6) is 0.448. The van der Waals surface area contributed by atoms with E-state index in [1.807, 2.05) is 0 Å². The van der Waals surface area contributed by atoms with Crippen LogP contribution in [0.1, 0.15) is 6.42 Å². The van der Waals surface area contributed by atoms with Crippen LogP contribution in [0.25, 0.3) is 0 Å². The second-order valence-electron chi connectivity index (χ2n) is 3.69. The van der Waals surface area contributed by atoms with Crippen LogP contribution in [0.15, 0.2) is 33.5 Å². The fourth-order valence-electron chi connectivity index (χ4n) is 1.63. The largest absolute Gasteiger partial charge is 0.509 e. The fourth-order valence-corrected chi connectivity index (χ4v) is 3.65. The molecule has 1 aromatic carbocycles. The van der Waals surface area contributed by atoms with Crippen molar-refractivity contribution in [1.29, 1.82) is 0 Å². The lowest BCUT2D eigenvalue weighted by Crippen LogP contribution is -2.33. The van der Waals surface area contributed by atoms with Crippen molar-refractivity contribution in [1.82, 2.24) is 0 Å². The Morgan fingerprint density at radius 3 is 2.25 bits per heavy atom. The highest BCUT2D eigenvalue weighted by molar-refractivity contribution is 7.93. The molecule has 0 N–H and O–H groups in total. The average Bonchev–Trinajstić information content (AvgIpc) is 2.66. The number of rotatable bonds is 2. The van der Waals surface area contributed by atoms with Crippen molar-refractivity contribution in [2.75, 3.05) is 12.3 Å². The zero-order valence-electron chi connectivity index (χ0n) is 8.41. The molecule has 1 heterocycles. The van der Waals surface area contributed by atoms with E-state index in [0.29, 0.717) is 17.2 Å². The fraction of sp³-hybridized carbons (Fsp3) is 0.333. The summed E-state index contributed by atoms with van der Waals surface area (Å²) in [6, 6.07) is 4.52. The molecule has 2 nitrogen and oxygen atoms in total. The Balaban J connectivity index is 2.37. The van der Waals surface area contributed by atoms with E-state index < -0.39 is 22.2 Å². The van der Waals surface area contributed by atoms with Crippen molar-refractivity contribution < 1.29 is 17.2 Å². The van der Waals surface area contributed by atoms with Crippen LogP contribution in [-0.4, -0.2) is 23.5 Å². The van der Waals surface area contributed by atoms with Crippen LogP contribution in [0.3, 0.4) is 0 Å². The molecule has 1 aromatic rings. The van der Waals surface area contributed by atoms with Gasteiger partial charge in [-0.1, -0.05) is 12.1 Å². The molecule has 0 aromatic heterocycles.